The summed E-state index contributed by atoms with van der Waals surface area (Å²) in [5.74, 6) is 0.126. The minimum atomic E-state index is -0.497. The van der Waals surface area contributed by atoms with Crippen LogP contribution >= 0.6 is 51.5 Å². The number of hydrogen-bond acceptors (Lipinski definition) is 6. The number of nitrogens with two attached hydrogens (primary N) is 2. The van der Waals surface area contributed by atoms with Crippen molar-refractivity contribution in [3.8, 4) is 0 Å². The summed E-state index contributed by atoms with van der Waals surface area (Å²) < 4.78 is 2.96. The van der Waals surface area contributed by atoms with Crippen molar-refractivity contribution >= 4 is 80.1 Å². The van der Waals surface area contributed by atoms with E-state index < -0.39 is 5.91 Å². The van der Waals surface area contributed by atoms with Crippen LogP contribution in [0.2, 0.25) is 5.15 Å². The van der Waals surface area contributed by atoms with Crippen molar-refractivity contribution in [1.82, 2.24) is 24.8 Å². The lowest BCUT2D eigenvalue weighted by atomic mass is 10.3. The van der Waals surface area contributed by atoms with Crippen molar-refractivity contribution < 1.29 is 4.79 Å². The van der Waals surface area contributed by atoms with Crippen molar-refractivity contribution in [2.24, 2.45) is 0 Å². The standard InChI is InChI=1S/C15H15BrClN7O.HI/c1-2-24-9-4-3-7(16)5-8(9)21-10(24)6-20-15(25)11-13(18)23-14(19)12(17)22-11;/h3-5H,2,6H2,1H3,(H,20,25)(H4,18,19,23);1H. The van der Waals surface area contributed by atoms with Crippen molar-refractivity contribution in [2.75, 3.05) is 11.5 Å². The summed E-state index contributed by atoms with van der Waals surface area (Å²) in [5.41, 5.74) is 13.0. The number of fused-ring (bicyclic) bond motifs is 1. The Hall–Kier alpha value is -1.66. The zero-order chi connectivity index (χ0) is 18.1. The van der Waals surface area contributed by atoms with Crippen molar-refractivity contribution in [2.45, 2.75) is 20.0 Å². The molecule has 3 aromatic rings. The Kier molecular flexibility index (Phi) is 6.64. The molecule has 0 saturated heterocycles. The van der Waals surface area contributed by atoms with Crippen LogP contribution in [-0.4, -0.2) is 25.4 Å². The van der Waals surface area contributed by atoms with Crippen LogP contribution in [0.3, 0.4) is 0 Å². The summed E-state index contributed by atoms with van der Waals surface area (Å²) >= 11 is 9.24. The van der Waals surface area contributed by atoms with Gasteiger partial charge in [0.1, 0.15) is 5.82 Å². The van der Waals surface area contributed by atoms with Crippen LogP contribution in [0.25, 0.3) is 11.0 Å². The van der Waals surface area contributed by atoms with E-state index in [0.717, 1.165) is 27.9 Å². The molecule has 8 nitrogen and oxygen atoms in total. The van der Waals surface area contributed by atoms with Gasteiger partial charge in [0.2, 0.25) is 0 Å². The molecule has 0 unspecified atom stereocenters. The Bertz CT molecular complexity index is 978. The molecule has 0 saturated carbocycles. The molecule has 2 aromatic heterocycles. The number of nitrogens with zero attached hydrogens (tertiary/aromatic N) is 4. The maximum absolute atomic E-state index is 12.3. The van der Waals surface area contributed by atoms with Crippen molar-refractivity contribution in [3.05, 3.63) is 39.3 Å². The highest BCUT2D eigenvalue weighted by atomic mass is 127. The first kappa shape index (κ1) is 20.6. The molecular formula is C15H16BrClIN7O. The number of halogens is 3. The summed E-state index contributed by atoms with van der Waals surface area (Å²) in [6.45, 7) is 2.94. The quantitative estimate of drug-likeness (QED) is 0.428. The highest BCUT2D eigenvalue weighted by Gasteiger charge is 2.17. The smallest absolute Gasteiger partial charge is 0.274 e. The van der Waals surface area contributed by atoms with E-state index in [1.165, 1.54) is 0 Å². The van der Waals surface area contributed by atoms with E-state index in [1.54, 1.807) is 0 Å². The summed E-state index contributed by atoms with van der Waals surface area (Å²) in [6.07, 6.45) is 0. The Morgan fingerprint density at radius 1 is 1.27 bits per heavy atom. The molecule has 0 atom stereocenters. The van der Waals surface area contributed by atoms with E-state index >= 15 is 0 Å². The molecule has 0 aliphatic rings. The number of amides is 1. The molecule has 0 bridgehead atoms. The Morgan fingerprint density at radius 2 is 2.00 bits per heavy atom. The fourth-order valence-electron chi connectivity index (χ4n) is 2.49. The lowest BCUT2D eigenvalue weighted by Crippen LogP contribution is -2.27. The molecule has 0 aliphatic heterocycles. The lowest BCUT2D eigenvalue weighted by Gasteiger charge is -2.09. The average molecular weight is 553 g/mol. The number of imidazole rings is 1. The number of nitrogen functional groups attached to an aromatic ring is 2. The van der Waals surface area contributed by atoms with Crippen LogP contribution < -0.4 is 16.8 Å². The zero-order valence-electron chi connectivity index (χ0n) is 13.7. The molecule has 5 N–H and O–H groups in total. The first-order valence-corrected chi connectivity index (χ1v) is 8.59. The van der Waals surface area contributed by atoms with E-state index in [4.69, 9.17) is 23.1 Å². The number of rotatable bonds is 4. The van der Waals surface area contributed by atoms with Crippen LogP contribution in [0.1, 0.15) is 23.2 Å². The summed E-state index contributed by atoms with van der Waals surface area (Å²) in [5, 5.41) is 2.67. The van der Waals surface area contributed by atoms with Gasteiger partial charge in [0.05, 0.1) is 17.6 Å². The SMILES string of the molecule is CCn1c(CNC(=O)c2nc(Cl)c(N)nc2N)nc2cc(Br)ccc21.I. The van der Waals surface area contributed by atoms with Gasteiger partial charge < -0.3 is 21.4 Å². The molecule has 0 spiro atoms. The Morgan fingerprint density at radius 3 is 2.69 bits per heavy atom. The summed E-state index contributed by atoms with van der Waals surface area (Å²) in [6, 6.07) is 5.85. The molecule has 0 fully saturated rings. The van der Waals surface area contributed by atoms with Gasteiger partial charge in [-0.2, -0.15) is 0 Å². The van der Waals surface area contributed by atoms with Crippen molar-refractivity contribution in [3.63, 3.8) is 0 Å². The minimum Gasteiger partial charge on any atom is -0.382 e. The van der Waals surface area contributed by atoms with Crippen LogP contribution in [0, 0.1) is 0 Å². The highest BCUT2D eigenvalue weighted by Crippen LogP contribution is 2.21. The number of carbonyl (C=O) groups is 1. The number of aromatic nitrogens is 4. The van der Waals surface area contributed by atoms with Gasteiger partial charge in [-0.15, -0.1) is 24.0 Å². The van der Waals surface area contributed by atoms with Gasteiger partial charge in [-0.05, 0) is 25.1 Å². The minimum absolute atomic E-state index is 0. The second kappa shape index (κ2) is 8.35. The van der Waals surface area contributed by atoms with E-state index in [2.05, 4.69) is 36.2 Å². The third kappa shape index (κ3) is 4.01. The fourth-order valence-corrected chi connectivity index (χ4v) is 2.97. The monoisotopic (exact) mass is 551 g/mol. The summed E-state index contributed by atoms with van der Waals surface area (Å²) in [4.78, 5) is 24.6. The summed E-state index contributed by atoms with van der Waals surface area (Å²) in [7, 11) is 0. The van der Waals surface area contributed by atoms with Crippen LogP contribution in [0.5, 0.6) is 0 Å². The molecule has 26 heavy (non-hydrogen) atoms. The number of carbonyl (C=O) groups excluding carboxylic acids is 1. The highest BCUT2D eigenvalue weighted by molar-refractivity contribution is 14.0. The van der Waals surface area contributed by atoms with E-state index in [1.807, 2.05) is 29.7 Å². The van der Waals surface area contributed by atoms with Gasteiger partial charge in [-0.25, -0.2) is 15.0 Å². The molecule has 0 radical (unpaired) electrons. The second-order valence-electron chi connectivity index (χ2n) is 5.22. The number of hydrogen-bond donors (Lipinski definition) is 3. The van der Waals surface area contributed by atoms with Gasteiger partial charge in [0, 0.05) is 11.0 Å². The molecule has 0 aliphatic carbocycles. The van der Waals surface area contributed by atoms with Gasteiger partial charge >= 0.3 is 0 Å². The molecule has 2 heterocycles. The number of nitrogens with one attached hydrogen (secondary N) is 1. The zero-order valence-corrected chi connectivity index (χ0v) is 18.3. The van der Waals surface area contributed by atoms with Crippen LogP contribution in [0.4, 0.5) is 11.6 Å². The lowest BCUT2D eigenvalue weighted by molar-refractivity contribution is 0.0945. The van der Waals surface area contributed by atoms with Crippen LogP contribution in [0.15, 0.2) is 22.7 Å². The van der Waals surface area contributed by atoms with E-state index in [-0.39, 0.29) is 53.0 Å². The van der Waals surface area contributed by atoms with E-state index in [0.29, 0.717) is 0 Å². The predicted octanol–water partition coefficient (Wildman–Crippen LogP) is 2.97. The fraction of sp³-hybridized carbons (Fsp3) is 0.200. The van der Waals surface area contributed by atoms with Gasteiger partial charge in [-0.3, -0.25) is 4.79 Å². The van der Waals surface area contributed by atoms with Gasteiger partial charge in [0.15, 0.2) is 22.5 Å². The Labute approximate surface area is 179 Å². The van der Waals surface area contributed by atoms with E-state index in [9.17, 15) is 4.79 Å². The second-order valence-corrected chi connectivity index (χ2v) is 6.50. The molecule has 138 valence electrons. The van der Waals surface area contributed by atoms with Gasteiger partial charge in [-0.1, -0.05) is 27.5 Å². The van der Waals surface area contributed by atoms with Gasteiger partial charge in [0.25, 0.3) is 5.91 Å². The molecule has 11 heteroatoms. The molecule has 1 amide bonds. The third-order valence-electron chi connectivity index (χ3n) is 3.63. The topological polar surface area (TPSA) is 125 Å². The number of benzene rings is 1. The largest absolute Gasteiger partial charge is 0.382 e. The third-order valence-corrected chi connectivity index (χ3v) is 4.40. The first-order valence-electron chi connectivity index (χ1n) is 7.42. The predicted molar refractivity (Wildman–Crippen MR) is 116 cm³/mol. The normalized spacial score (nSPS) is 10.6. The Balaban J connectivity index is 0.00000243. The van der Waals surface area contributed by atoms with Crippen LogP contribution in [-0.2, 0) is 13.1 Å². The number of anilines is 2. The maximum atomic E-state index is 12.3. The molecule has 3 rings (SSSR count). The maximum Gasteiger partial charge on any atom is 0.274 e. The number of aryl methyl sites for hydroxylation is 1. The molecule has 1 aromatic carbocycles. The van der Waals surface area contributed by atoms with Crippen molar-refractivity contribution in [1.29, 1.82) is 0 Å². The first-order chi connectivity index (χ1) is 11.9. The molecular weight excluding hydrogens is 536 g/mol. The average Bonchev–Trinajstić information content (AvgIpc) is 2.92.